The molecular weight excluding hydrogens is 378 g/mol. The first-order valence-corrected chi connectivity index (χ1v) is 8.79. The number of ketones is 1. The summed E-state index contributed by atoms with van der Waals surface area (Å²) in [7, 11) is 0. The SMILES string of the molecule is CCOC(=O)[C@@]1([C@H](C[N+](=O)[O-])c2ccc(Br)cc2)CCCCC1=O. The van der Waals surface area contributed by atoms with E-state index in [0.29, 0.717) is 24.8 Å². The molecule has 1 aliphatic rings. The second kappa shape index (κ2) is 7.88. The van der Waals surface area contributed by atoms with Crippen LogP contribution in [-0.2, 0) is 14.3 Å². The van der Waals surface area contributed by atoms with Gasteiger partial charge in [0.05, 0.1) is 12.5 Å². The molecular formula is C17H20BrNO5. The standard InChI is InChI=1S/C17H20BrNO5/c1-2-24-16(21)17(10-4-3-5-15(17)20)14(11-19(22)23)12-6-8-13(18)9-7-12/h6-9,14H,2-5,10-11H2,1H3/t14-,17-/m1/s1. The van der Waals surface area contributed by atoms with Gasteiger partial charge in [-0.1, -0.05) is 34.5 Å². The topological polar surface area (TPSA) is 86.5 Å². The molecule has 0 radical (unpaired) electrons. The molecule has 0 unspecified atom stereocenters. The number of esters is 1. The van der Waals surface area contributed by atoms with E-state index in [-0.39, 0.29) is 18.8 Å². The lowest BCUT2D eigenvalue weighted by Crippen LogP contribution is -2.49. The van der Waals surface area contributed by atoms with Crippen LogP contribution in [0.4, 0.5) is 0 Å². The van der Waals surface area contributed by atoms with Gasteiger partial charge in [0.2, 0.25) is 6.54 Å². The van der Waals surface area contributed by atoms with Gasteiger partial charge in [-0.15, -0.1) is 0 Å². The smallest absolute Gasteiger partial charge is 0.320 e. The van der Waals surface area contributed by atoms with Crippen LogP contribution in [0.2, 0.25) is 0 Å². The molecule has 0 aromatic heterocycles. The van der Waals surface area contributed by atoms with E-state index in [1.165, 1.54) is 0 Å². The van der Waals surface area contributed by atoms with Crippen LogP contribution in [0.1, 0.15) is 44.1 Å². The fourth-order valence-corrected chi connectivity index (χ4v) is 3.69. The highest BCUT2D eigenvalue weighted by molar-refractivity contribution is 9.10. The maximum absolute atomic E-state index is 12.8. The maximum Gasteiger partial charge on any atom is 0.320 e. The molecule has 6 nitrogen and oxygen atoms in total. The molecule has 0 saturated heterocycles. The molecule has 1 fully saturated rings. The second-order valence-electron chi connectivity index (χ2n) is 5.94. The number of Topliss-reactive ketones (excluding diaryl/α,β-unsaturated/α-hetero) is 1. The van der Waals surface area contributed by atoms with Crippen LogP contribution in [0, 0.1) is 15.5 Å². The Morgan fingerprint density at radius 2 is 2.04 bits per heavy atom. The van der Waals surface area contributed by atoms with Gasteiger partial charge < -0.3 is 4.74 Å². The Morgan fingerprint density at radius 3 is 2.58 bits per heavy atom. The van der Waals surface area contributed by atoms with E-state index in [1.54, 1.807) is 31.2 Å². The molecule has 1 aliphatic carbocycles. The Kier molecular flexibility index (Phi) is 6.10. The lowest BCUT2D eigenvalue weighted by molar-refractivity contribution is -0.485. The van der Waals surface area contributed by atoms with Crippen LogP contribution >= 0.6 is 15.9 Å². The second-order valence-corrected chi connectivity index (χ2v) is 6.86. The van der Waals surface area contributed by atoms with Crippen molar-refractivity contribution in [1.29, 1.82) is 0 Å². The molecule has 0 N–H and O–H groups in total. The molecule has 1 saturated carbocycles. The maximum atomic E-state index is 12.8. The number of nitrogens with zero attached hydrogens (tertiary/aromatic N) is 1. The van der Waals surface area contributed by atoms with Gasteiger partial charge in [0.15, 0.2) is 5.78 Å². The molecule has 7 heteroatoms. The highest BCUT2D eigenvalue weighted by Gasteiger charge is 2.55. The Morgan fingerprint density at radius 1 is 1.38 bits per heavy atom. The molecule has 130 valence electrons. The summed E-state index contributed by atoms with van der Waals surface area (Å²) >= 11 is 3.33. The van der Waals surface area contributed by atoms with Crippen molar-refractivity contribution in [1.82, 2.24) is 0 Å². The first kappa shape index (κ1) is 18.6. The summed E-state index contributed by atoms with van der Waals surface area (Å²) < 4.78 is 6.00. The average molecular weight is 398 g/mol. The minimum absolute atomic E-state index is 0.138. The summed E-state index contributed by atoms with van der Waals surface area (Å²) in [6, 6.07) is 6.96. The van der Waals surface area contributed by atoms with Gasteiger partial charge in [0.1, 0.15) is 5.41 Å². The summed E-state index contributed by atoms with van der Waals surface area (Å²) in [5.74, 6) is -1.71. The number of hydrogen-bond donors (Lipinski definition) is 0. The van der Waals surface area contributed by atoms with Gasteiger partial charge >= 0.3 is 5.97 Å². The molecule has 2 atom stereocenters. The number of hydrogen-bond acceptors (Lipinski definition) is 5. The Balaban J connectivity index is 2.55. The Bertz CT molecular complexity index is 630. The zero-order chi connectivity index (χ0) is 17.7. The molecule has 0 bridgehead atoms. The number of nitro groups is 1. The van der Waals surface area contributed by atoms with Crippen LogP contribution in [0.3, 0.4) is 0 Å². The van der Waals surface area contributed by atoms with E-state index in [9.17, 15) is 19.7 Å². The van der Waals surface area contributed by atoms with Gasteiger partial charge in [0.25, 0.3) is 0 Å². The number of carbonyl (C=O) groups is 2. The van der Waals surface area contributed by atoms with E-state index < -0.39 is 28.8 Å². The van der Waals surface area contributed by atoms with Crippen LogP contribution in [0.5, 0.6) is 0 Å². The summed E-state index contributed by atoms with van der Waals surface area (Å²) in [4.78, 5) is 36.3. The van der Waals surface area contributed by atoms with Crippen LogP contribution < -0.4 is 0 Å². The van der Waals surface area contributed by atoms with E-state index in [2.05, 4.69) is 15.9 Å². The number of carbonyl (C=O) groups excluding carboxylic acids is 2. The van der Waals surface area contributed by atoms with Crippen LogP contribution in [0.15, 0.2) is 28.7 Å². The summed E-state index contributed by atoms with van der Waals surface area (Å²) in [6.07, 6.45) is 1.92. The van der Waals surface area contributed by atoms with Crippen molar-refractivity contribution in [2.45, 2.75) is 38.5 Å². The van der Waals surface area contributed by atoms with Crippen molar-refractivity contribution in [3.05, 3.63) is 44.4 Å². The first-order chi connectivity index (χ1) is 11.4. The van der Waals surface area contributed by atoms with Crippen molar-refractivity contribution < 1.29 is 19.2 Å². The van der Waals surface area contributed by atoms with E-state index in [0.717, 1.165) is 4.47 Å². The average Bonchev–Trinajstić information content (AvgIpc) is 2.54. The minimum Gasteiger partial charge on any atom is -0.465 e. The fourth-order valence-electron chi connectivity index (χ4n) is 3.43. The third-order valence-electron chi connectivity index (χ3n) is 4.56. The van der Waals surface area contributed by atoms with Gasteiger partial charge in [-0.05, 0) is 37.5 Å². The van der Waals surface area contributed by atoms with Crippen molar-refractivity contribution in [3.63, 3.8) is 0 Å². The highest BCUT2D eigenvalue weighted by atomic mass is 79.9. The normalized spacial score (nSPS) is 22.0. The van der Waals surface area contributed by atoms with Crippen molar-refractivity contribution in [3.8, 4) is 0 Å². The lowest BCUT2D eigenvalue weighted by atomic mass is 9.63. The van der Waals surface area contributed by atoms with Crippen LogP contribution in [-0.4, -0.2) is 29.8 Å². The predicted molar refractivity (Wildman–Crippen MR) is 91.3 cm³/mol. The van der Waals surface area contributed by atoms with Crippen molar-refractivity contribution >= 4 is 27.7 Å². The molecule has 0 amide bonds. The third-order valence-corrected chi connectivity index (χ3v) is 5.09. The minimum atomic E-state index is -1.46. The number of ether oxygens (including phenoxy) is 1. The zero-order valence-corrected chi connectivity index (χ0v) is 15.1. The van der Waals surface area contributed by atoms with E-state index in [4.69, 9.17) is 4.74 Å². The molecule has 0 heterocycles. The largest absolute Gasteiger partial charge is 0.465 e. The third kappa shape index (κ3) is 3.66. The quantitative estimate of drug-likeness (QED) is 0.317. The Hall–Kier alpha value is -1.76. The number of benzene rings is 1. The van der Waals surface area contributed by atoms with Crippen molar-refractivity contribution in [2.75, 3.05) is 13.2 Å². The van der Waals surface area contributed by atoms with Crippen LogP contribution in [0.25, 0.3) is 0 Å². The fraction of sp³-hybridized carbons (Fsp3) is 0.529. The van der Waals surface area contributed by atoms with Crippen molar-refractivity contribution in [2.24, 2.45) is 5.41 Å². The lowest BCUT2D eigenvalue weighted by Gasteiger charge is -2.38. The van der Waals surface area contributed by atoms with E-state index >= 15 is 0 Å². The summed E-state index contributed by atoms with van der Waals surface area (Å²) in [5.41, 5.74) is -0.854. The monoisotopic (exact) mass is 397 g/mol. The van der Waals surface area contributed by atoms with Gasteiger partial charge in [-0.25, -0.2) is 0 Å². The molecule has 0 aliphatic heterocycles. The molecule has 1 aromatic carbocycles. The first-order valence-electron chi connectivity index (χ1n) is 7.99. The number of rotatable bonds is 6. The van der Waals surface area contributed by atoms with E-state index in [1.807, 2.05) is 0 Å². The van der Waals surface area contributed by atoms with Gasteiger partial charge in [-0.3, -0.25) is 19.7 Å². The van der Waals surface area contributed by atoms with Gasteiger partial charge in [-0.2, -0.15) is 0 Å². The molecule has 1 aromatic rings. The highest BCUT2D eigenvalue weighted by Crippen LogP contribution is 2.46. The summed E-state index contributed by atoms with van der Waals surface area (Å²) in [5, 5.41) is 11.3. The predicted octanol–water partition coefficient (Wildman–Crippen LogP) is 3.50. The molecule has 0 spiro atoms. The zero-order valence-electron chi connectivity index (χ0n) is 13.5. The summed E-state index contributed by atoms with van der Waals surface area (Å²) in [6.45, 7) is 1.33. The molecule has 24 heavy (non-hydrogen) atoms. The van der Waals surface area contributed by atoms with Gasteiger partial charge in [0, 0.05) is 15.8 Å². The Labute approximate surface area is 148 Å². The molecule has 2 rings (SSSR count). The number of halogens is 1.